The molecule has 1 N–H and O–H groups in total. The predicted octanol–water partition coefficient (Wildman–Crippen LogP) is 5.55. The Bertz CT molecular complexity index is 1170. The van der Waals surface area contributed by atoms with E-state index in [1.807, 2.05) is 12.1 Å². The Kier molecular flexibility index (Phi) is 5.82. The first kappa shape index (κ1) is 22.8. The molecule has 1 fully saturated rings. The smallest absolute Gasteiger partial charge is 0.270 e. The van der Waals surface area contributed by atoms with Crippen LogP contribution in [0.3, 0.4) is 0 Å². The highest BCUT2D eigenvalue weighted by Gasteiger charge is 2.36. The van der Waals surface area contributed by atoms with Gasteiger partial charge >= 0.3 is 0 Å². The molecule has 1 atom stereocenters. The first-order valence-electron chi connectivity index (χ1n) is 10.2. The summed E-state index contributed by atoms with van der Waals surface area (Å²) in [7, 11) is 2.06. The minimum atomic E-state index is -0.551. The van der Waals surface area contributed by atoms with Crippen LogP contribution < -0.4 is 15.1 Å². The minimum Gasteiger partial charge on any atom is -0.369 e. The fourth-order valence-electron chi connectivity index (χ4n) is 4.35. The van der Waals surface area contributed by atoms with Gasteiger partial charge in [-0.05, 0) is 92.0 Å². The maximum absolute atomic E-state index is 13.3. The molecule has 2 amide bonds. The number of anilines is 2. The third-order valence-electron chi connectivity index (χ3n) is 6.24. The zero-order valence-electron chi connectivity index (χ0n) is 18.2. The van der Waals surface area contributed by atoms with Crippen LogP contribution in [0, 0.1) is 0 Å². The van der Waals surface area contributed by atoms with Crippen molar-refractivity contribution in [2.75, 3.05) is 16.8 Å². The molecule has 0 spiro atoms. The first-order valence-corrected chi connectivity index (χ1v) is 11.4. The second-order valence-electron chi connectivity index (χ2n) is 8.84. The van der Waals surface area contributed by atoms with E-state index < -0.39 is 11.8 Å². The van der Waals surface area contributed by atoms with Gasteiger partial charge in [0.1, 0.15) is 5.57 Å². The lowest BCUT2D eigenvalue weighted by atomic mass is 9.80. The molecule has 0 aromatic heterocycles. The summed E-state index contributed by atoms with van der Waals surface area (Å²) in [5.74, 6) is -0.758. The fourth-order valence-corrected chi connectivity index (χ4v) is 4.97. The van der Waals surface area contributed by atoms with Gasteiger partial charge in [0, 0.05) is 28.3 Å². The van der Waals surface area contributed by atoms with E-state index in [-0.39, 0.29) is 16.2 Å². The second kappa shape index (κ2) is 8.18. The maximum atomic E-state index is 13.3. The molecule has 4 rings (SSSR count). The molecule has 166 valence electrons. The normalized spacial score (nSPS) is 21.6. The number of hydrogen-bond acceptors (Lipinski definition) is 4. The number of thiocarbonyl (C=S) groups is 1. The average Bonchev–Trinajstić information content (AvgIpc) is 2.71. The lowest BCUT2D eigenvalue weighted by Crippen LogP contribution is -2.54. The van der Waals surface area contributed by atoms with Gasteiger partial charge < -0.3 is 4.90 Å². The molecule has 8 heteroatoms. The monoisotopic (exact) mass is 487 g/mol. The standard InChI is InChI=1S/C24H23Cl2N3O2S/c1-13-12-24(2,3)28(4)20-11-19(26)14(9-17(13)20)10-18-21(30)27-23(32)29(22(18)31)16-7-5-15(25)6-8-16/h5-11,13H,12H2,1-4H3,(H,27,30,32)/b18-10+/t13-/m0/s1. The molecule has 0 saturated carbocycles. The van der Waals surface area contributed by atoms with Crippen LogP contribution in [0.1, 0.15) is 44.2 Å². The number of nitrogens with zero attached hydrogens (tertiary/aromatic N) is 2. The highest BCUT2D eigenvalue weighted by molar-refractivity contribution is 7.80. The summed E-state index contributed by atoms with van der Waals surface area (Å²) in [4.78, 5) is 29.4. The molecule has 1 saturated heterocycles. The molecular weight excluding hydrogens is 465 g/mol. The Balaban J connectivity index is 1.77. The third kappa shape index (κ3) is 3.91. The molecule has 5 nitrogen and oxygen atoms in total. The van der Waals surface area contributed by atoms with Crippen molar-refractivity contribution < 1.29 is 9.59 Å². The number of benzene rings is 2. The number of hydrogen-bond donors (Lipinski definition) is 1. The van der Waals surface area contributed by atoms with Crippen LogP contribution in [0.4, 0.5) is 11.4 Å². The maximum Gasteiger partial charge on any atom is 0.270 e. The van der Waals surface area contributed by atoms with Crippen molar-refractivity contribution >= 4 is 69.8 Å². The zero-order chi connectivity index (χ0) is 23.4. The van der Waals surface area contributed by atoms with Gasteiger partial charge in [0.05, 0.1) is 5.69 Å². The summed E-state index contributed by atoms with van der Waals surface area (Å²) in [5, 5.41) is 3.62. The lowest BCUT2D eigenvalue weighted by molar-refractivity contribution is -0.122. The Morgan fingerprint density at radius 3 is 2.47 bits per heavy atom. The van der Waals surface area contributed by atoms with Crippen LogP contribution in [0.5, 0.6) is 0 Å². The van der Waals surface area contributed by atoms with E-state index in [1.165, 1.54) is 11.0 Å². The van der Waals surface area contributed by atoms with Crippen molar-refractivity contribution in [2.45, 2.75) is 38.6 Å². The summed E-state index contributed by atoms with van der Waals surface area (Å²) < 4.78 is 0. The fraction of sp³-hybridized carbons (Fsp3) is 0.292. The summed E-state index contributed by atoms with van der Waals surface area (Å²) >= 11 is 17.8. The van der Waals surface area contributed by atoms with E-state index in [9.17, 15) is 9.59 Å². The number of carbonyl (C=O) groups is 2. The van der Waals surface area contributed by atoms with Crippen LogP contribution >= 0.6 is 35.4 Å². The van der Waals surface area contributed by atoms with Crippen LogP contribution in [-0.4, -0.2) is 29.5 Å². The van der Waals surface area contributed by atoms with Gasteiger partial charge in [0.15, 0.2) is 5.11 Å². The quantitative estimate of drug-likeness (QED) is 0.342. The van der Waals surface area contributed by atoms with Gasteiger partial charge in [-0.2, -0.15) is 0 Å². The van der Waals surface area contributed by atoms with Crippen molar-refractivity contribution in [1.82, 2.24) is 5.32 Å². The largest absolute Gasteiger partial charge is 0.369 e. The third-order valence-corrected chi connectivity index (χ3v) is 7.10. The lowest BCUT2D eigenvalue weighted by Gasteiger charge is -2.45. The molecule has 0 bridgehead atoms. The van der Waals surface area contributed by atoms with Crippen molar-refractivity contribution in [3.8, 4) is 0 Å². The Morgan fingerprint density at radius 2 is 1.81 bits per heavy atom. The molecule has 2 aromatic carbocycles. The number of rotatable bonds is 2. The number of fused-ring (bicyclic) bond motifs is 1. The SMILES string of the molecule is C[C@H]1CC(C)(C)N(C)c2cc(Cl)c(/C=C3\C(=O)NC(=S)N(c4ccc(Cl)cc4)C3=O)cc21. The molecule has 2 heterocycles. The highest BCUT2D eigenvalue weighted by atomic mass is 35.5. The molecule has 0 unspecified atom stereocenters. The average molecular weight is 488 g/mol. The highest BCUT2D eigenvalue weighted by Crippen LogP contribution is 2.44. The molecule has 0 aliphatic carbocycles. The summed E-state index contributed by atoms with van der Waals surface area (Å²) in [6.07, 6.45) is 2.52. The molecule has 0 radical (unpaired) electrons. The topological polar surface area (TPSA) is 52.7 Å². The van der Waals surface area contributed by atoms with Crippen molar-refractivity contribution in [3.05, 3.63) is 63.1 Å². The van der Waals surface area contributed by atoms with Crippen molar-refractivity contribution in [1.29, 1.82) is 0 Å². The molecule has 32 heavy (non-hydrogen) atoms. The van der Waals surface area contributed by atoms with E-state index >= 15 is 0 Å². The molecule has 2 aliphatic rings. The molecular formula is C24H23Cl2N3O2S. The van der Waals surface area contributed by atoms with Gasteiger partial charge in [0.25, 0.3) is 11.8 Å². The summed E-state index contributed by atoms with van der Waals surface area (Å²) in [5.41, 5.74) is 3.30. The van der Waals surface area contributed by atoms with E-state index in [4.69, 9.17) is 35.4 Å². The van der Waals surface area contributed by atoms with E-state index in [2.05, 4.69) is 38.0 Å². The molecule has 2 aliphatic heterocycles. The zero-order valence-corrected chi connectivity index (χ0v) is 20.5. The van der Waals surface area contributed by atoms with Gasteiger partial charge in [-0.3, -0.25) is 19.8 Å². The minimum absolute atomic E-state index is 0.00370. The van der Waals surface area contributed by atoms with E-state index in [0.717, 1.165) is 17.7 Å². The number of carbonyl (C=O) groups excluding carboxylic acids is 2. The van der Waals surface area contributed by atoms with E-state index in [0.29, 0.717) is 27.2 Å². The number of nitrogens with one attached hydrogen (secondary N) is 1. The summed E-state index contributed by atoms with van der Waals surface area (Å²) in [6.45, 7) is 6.59. The predicted molar refractivity (Wildman–Crippen MR) is 135 cm³/mol. The summed E-state index contributed by atoms with van der Waals surface area (Å²) in [6, 6.07) is 10.5. The Hall–Kier alpha value is -2.41. The van der Waals surface area contributed by atoms with Crippen LogP contribution in [-0.2, 0) is 9.59 Å². The van der Waals surface area contributed by atoms with Crippen LogP contribution in [0.2, 0.25) is 10.0 Å². The van der Waals surface area contributed by atoms with Crippen molar-refractivity contribution in [3.63, 3.8) is 0 Å². The van der Waals surface area contributed by atoms with Crippen LogP contribution in [0.25, 0.3) is 6.08 Å². The second-order valence-corrected chi connectivity index (χ2v) is 10.1. The first-order chi connectivity index (χ1) is 15.0. The van der Waals surface area contributed by atoms with Crippen molar-refractivity contribution in [2.24, 2.45) is 0 Å². The van der Waals surface area contributed by atoms with Gasteiger partial charge in [-0.15, -0.1) is 0 Å². The van der Waals surface area contributed by atoms with Gasteiger partial charge in [-0.25, -0.2) is 0 Å². The van der Waals surface area contributed by atoms with Crippen LogP contribution in [0.15, 0.2) is 42.0 Å². The van der Waals surface area contributed by atoms with Gasteiger partial charge in [0.2, 0.25) is 0 Å². The van der Waals surface area contributed by atoms with Gasteiger partial charge in [-0.1, -0.05) is 30.1 Å². The Morgan fingerprint density at radius 1 is 1.16 bits per heavy atom. The Labute approximate surface area is 203 Å². The number of halogens is 2. The van der Waals surface area contributed by atoms with E-state index in [1.54, 1.807) is 24.3 Å². The molecule has 2 aromatic rings. The number of amides is 2.